The number of methoxy groups -OCH3 is 1. The highest BCUT2D eigenvalue weighted by molar-refractivity contribution is 7.89. The Kier molecular flexibility index (Phi) is 5.09. The molecule has 0 aliphatic heterocycles. The molecule has 3 N–H and O–H groups in total. The van der Waals surface area contributed by atoms with E-state index in [9.17, 15) is 18.3 Å². The molecule has 20 heavy (non-hydrogen) atoms. The van der Waals surface area contributed by atoms with Crippen LogP contribution in [0.15, 0.2) is 17.0 Å². The van der Waals surface area contributed by atoms with E-state index in [0.717, 1.165) is 12.1 Å². The first-order valence-electron chi connectivity index (χ1n) is 5.77. The summed E-state index contributed by atoms with van der Waals surface area (Å²) in [6, 6.07) is 1.58. The molecule has 0 aliphatic rings. The van der Waals surface area contributed by atoms with E-state index in [2.05, 4.69) is 4.72 Å². The summed E-state index contributed by atoms with van der Waals surface area (Å²) < 4.78 is 31.6. The lowest BCUT2D eigenvalue weighted by molar-refractivity contribution is 0.0693. The molecule has 7 nitrogen and oxygen atoms in total. The van der Waals surface area contributed by atoms with Crippen molar-refractivity contribution in [3.63, 3.8) is 0 Å². The highest BCUT2D eigenvalue weighted by atomic mass is 32.2. The summed E-state index contributed by atoms with van der Waals surface area (Å²) in [4.78, 5) is 10.8. The van der Waals surface area contributed by atoms with Gasteiger partial charge >= 0.3 is 5.97 Å². The number of aryl methyl sites for hydroxylation is 1. The molecule has 1 aromatic rings. The molecule has 1 aromatic carbocycles. The van der Waals surface area contributed by atoms with Gasteiger partial charge in [0, 0.05) is 13.2 Å². The van der Waals surface area contributed by atoms with Gasteiger partial charge in [-0.2, -0.15) is 0 Å². The minimum Gasteiger partial charge on any atom is -0.507 e. The van der Waals surface area contributed by atoms with Crippen LogP contribution in [0.25, 0.3) is 0 Å². The fourth-order valence-corrected chi connectivity index (χ4v) is 3.23. The van der Waals surface area contributed by atoms with E-state index >= 15 is 0 Å². The highest BCUT2D eigenvalue weighted by Gasteiger charge is 2.23. The highest BCUT2D eigenvalue weighted by Crippen LogP contribution is 2.25. The molecule has 1 rings (SSSR count). The van der Waals surface area contributed by atoms with Gasteiger partial charge in [0.2, 0.25) is 10.0 Å². The first-order chi connectivity index (χ1) is 9.19. The van der Waals surface area contributed by atoms with Crippen molar-refractivity contribution in [3.8, 4) is 5.75 Å². The second-order valence-corrected chi connectivity index (χ2v) is 6.10. The molecule has 1 atom stereocenters. The normalized spacial score (nSPS) is 13.2. The van der Waals surface area contributed by atoms with Crippen molar-refractivity contribution < 1.29 is 28.2 Å². The Morgan fingerprint density at radius 1 is 1.45 bits per heavy atom. The van der Waals surface area contributed by atoms with Gasteiger partial charge < -0.3 is 14.9 Å². The molecule has 0 spiro atoms. The monoisotopic (exact) mass is 303 g/mol. The van der Waals surface area contributed by atoms with Gasteiger partial charge in [0.15, 0.2) is 0 Å². The van der Waals surface area contributed by atoms with Crippen LogP contribution in [0.4, 0.5) is 0 Å². The molecule has 1 unspecified atom stereocenters. The van der Waals surface area contributed by atoms with Crippen LogP contribution in [-0.4, -0.2) is 44.4 Å². The lowest BCUT2D eigenvalue weighted by atomic mass is 10.1. The molecule has 0 radical (unpaired) electrons. The molecular formula is C12H17NO6S. The van der Waals surface area contributed by atoms with E-state index in [1.807, 2.05) is 0 Å². The maximum absolute atomic E-state index is 12.2. The largest absolute Gasteiger partial charge is 0.507 e. The molecule has 0 fully saturated rings. The Hall–Kier alpha value is -1.64. The molecule has 0 aromatic heterocycles. The van der Waals surface area contributed by atoms with Gasteiger partial charge in [-0.1, -0.05) is 0 Å². The number of sulfonamides is 1. The second kappa shape index (κ2) is 6.21. The van der Waals surface area contributed by atoms with Gasteiger partial charge in [0.1, 0.15) is 11.3 Å². The summed E-state index contributed by atoms with van der Waals surface area (Å²) in [5.41, 5.74) is -0.208. The Labute approximate surface area is 117 Å². The minimum atomic E-state index is -3.89. The number of ether oxygens (including phenoxy) is 1. The predicted molar refractivity (Wildman–Crippen MR) is 71.5 cm³/mol. The minimum absolute atomic E-state index is 0.183. The second-order valence-electron chi connectivity index (χ2n) is 4.42. The van der Waals surface area contributed by atoms with Crippen LogP contribution in [0.3, 0.4) is 0 Å². The molecule has 0 bridgehead atoms. The van der Waals surface area contributed by atoms with Gasteiger partial charge in [-0.3, -0.25) is 0 Å². The Balaban J connectivity index is 3.24. The van der Waals surface area contributed by atoms with Gasteiger partial charge in [-0.15, -0.1) is 0 Å². The van der Waals surface area contributed by atoms with Gasteiger partial charge in [0.05, 0.1) is 11.5 Å². The Morgan fingerprint density at radius 2 is 2.05 bits per heavy atom. The summed E-state index contributed by atoms with van der Waals surface area (Å²) in [6.07, 6.45) is 0. The molecule has 0 saturated heterocycles. The number of hydrogen-bond donors (Lipinski definition) is 3. The Morgan fingerprint density at radius 3 is 2.55 bits per heavy atom. The number of carboxylic acids is 1. The molecule has 0 heterocycles. The van der Waals surface area contributed by atoms with E-state index < -0.39 is 33.3 Å². The van der Waals surface area contributed by atoms with E-state index in [0.29, 0.717) is 0 Å². The predicted octanol–water partition coefficient (Wildman–Crippen LogP) is 0.712. The van der Waals surface area contributed by atoms with Crippen LogP contribution in [0.1, 0.15) is 22.8 Å². The standard InChI is InChI=1S/C12H17NO6S/c1-7-4-10(14)9(12(15)16)5-11(7)20(17,18)13-8(2)6-19-3/h4-5,8,13-14H,6H2,1-3H3,(H,15,16). The summed E-state index contributed by atoms with van der Waals surface area (Å²) >= 11 is 0. The third kappa shape index (κ3) is 3.69. The SMILES string of the molecule is COCC(C)NS(=O)(=O)c1cc(C(=O)O)c(O)cc1C. The molecule has 112 valence electrons. The van der Waals surface area contributed by atoms with Crippen molar-refractivity contribution in [2.45, 2.75) is 24.8 Å². The molecule has 0 aliphatic carbocycles. The number of nitrogens with one attached hydrogen (secondary N) is 1. The first kappa shape index (κ1) is 16.4. The average molecular weight is 303 g/mol. The smallest absolute Gasteiger partial charge is 0.339 e. The Bertz CT molecular complexity index is 611. The average Bonchev–Trinajstić information content (AvgIpc) is 2.27. The van der Waals surface area contributed by atoms with Crippen molar-refractivity contribution >= 4 is 16.0 Å². The zero-order valence-corrected chi connectivity index (χ0v) is 12.2. The van der Waals surface area contributed by atoms with Crippen LogP contribution < -0.4 is 4.72 Å². The lowest BCUT2D eigenvalue weighted by Gasteiger charge is -2.15. The van der Waals surface area contributed by atoms with Crippen LogP contribution >= 0.6 is 0 Å². The fraction of sp³-hybridized carbons (Fsp3) is 0.417. The van der Waals surface area contributed by atoms with E-state index in [1.54, 1.807) is 6.92 Å². The van der Waals surface area contributed by atoms with Gasteiger partial charge in [-0.25, -0.2) is 17.9 Å². The van der Waals surface area contributed by atoms with E-state index in [4.69, 9.17) is 9.84 Å². The first-order valence-corrected chi connectivity index (χ1v) is 7.25. The number of carbonyl (C=O) groups is 1. The van der Waals surface area contributed by atoms with Crippen LogP contribution in [-0.2, 0) is 14.8 Å². The van der Waals surface area contributed by atoms with Crippen molar-refractivity contribution in [3.05, 3.63) is 23.3 Å². The number of benzene rings is 1. The summed E-state index contributed by atoms with van der Waals surface area (Å²) in [6.45, 7) is 3.28. The van der Waals surface area contributed by atoms with Gasteiger partial charge in [0.25, 0.3) is 0 Å². The number of hydrogen-bond acceptors (Lipinski definition) is 5. The molecule has 8 heteroatoms. The number of phenols is 1. The molecular weight excluding hydrogens is 286 g/mol. The van der Waals surface area contributed by atoms with Crippen molar-refractivity contribution in [2.24, 2.45) is 0 Å². The number of aromatic carboxylic acids is 1. The third-order valence-corrected chi connectivity index (χ3v) is 4.32. The van der Waals surface area contributed by atoms with E-state index in [1.165, 1.54) is 14.0 Å². The summed E-state index contributed by atoms with van der Waals surface area (Å²) in [5, 5.41) is 18.4. The number of carboxylic acid groups (broad SMARTS) is 1. The zero-order chi connectivity index (χ0) is 15.5. The summed E-state index contributed by atoms with van der Waals surface area (Å²) in [5.74, 6) is -1.87. The van der Waals surface area contributed by atoms with Crippen molar-refractivity contribution in [1.82, 2.24) is 4.72 Å². The van der Waals surface area contributed by atoms with Crippen molar-refractivity contribution in [2.75, 3.05) is 13.7 Å². The van der Waals surface area contributed by atoms with Crippen LogP contribution in [0.5, 0.6) is 5.75 Å². The maximum Gasteiger partial charge on any atom is 0.339 e. The topological polar surface area (TPSA) is 113 Å². The van der Waals surface area contributed by atoms with Crippen molar-refractivity contribution in [1.29, 1.82) is 0 Å². The maximum atomic E-state index is 12.2. The number of rotatable bonds is 6. The zero-order valence-electron chi connectivity index (χ0n) is 11.4. The van der Waals surface area contributed by atoms with Crippen LogP contribution in [0, 0.1) is 6.92 Å². The lowest BCUT2D eigenvalue weighted by Crippen LogP contribution is -2.36. The molecule has 0 amide bonds. The number of aromatic hydroxyl groups is 1. The summed E-state index contributed by atoms with van der Waals surface area (Å²) in [7, 11) is -2.45. The quantitative estimate of drug-likeness (QED) is 0.713. The van der Waals surface area contributed by atoms with Gasteiger partial charge in [-0.05, 0) is 31.5 Å². The fourth-order valence-electron chi connectivity index (χ4n) is 1.75. The van der Waals surface area contributed by atoms with Crippen LogP contribution in [0.2, 0.25) is 0 Å². The third-order valence-electron chi connectivity index (χ3n) is 2.59. The van der Waals surface area contributed by atoms with E-state index in [-0.39, 0.29) is 17.1 Å². The molecule has 0 saturated carbocycles.